The molecule has 100 valence electrons. The summed E-state index contributed by atoms with van der Waals surface area (Å²) in [6.07, 6.45) is 14.8. The highest BCUT2D eigenvalue weighted by Gasteiger charge is 2.38. The fourth-order valence-corrected chi connectivity index (χ4v) is 3.12. The summed E-state index contributed by atoms with van der Waals surface area (Å²) in [5, 5.41) is 0. The van der Waals surface area contributed by atoms with E-state index in [1.54, 1.807) is 0 Å². The van der Waals surface area contributed by atoms with Crippen LogP contribution < -0.4 is 0 Å². The first-order valence-electron chi connectivity index (χ1n) is 7.63. The van der Waals surface area contributed by atoms with Crippen LogP contribution in [-0.4, -0.2) is 18.5 Å². The van der Waals surface area contributed by atoms with Crippen LogP contribution in [0.4, 0.5) is 0 Å². The molecule has 2 heteroatoms. The van der Waals surface area contributed by atoms with Gasteiger partial charge < -0.3 is 9.47 Å². The number of rotatable bonds is 0. The van der Waals surface area contributed by atoms with Gasteiger partial charge in [-0.15, -0.1) is 0 Å². The van der Waals surface area contributed by atoms with E-state index in [0.717, 1.165) is 19.4 Å². The molecular weight excluding hydrogens is 212 g/mol. The lowest BCUT2D eigenvalue weighted by Gasteiger charge is -2.28. The third kappa shape index (κ3) is 4.26. The summed E-state index contributed by atoms with van der Waals surface area (Å²) in [6.45, 7) is 2.92. The van der Waals surface area contributed by atoms with Gasteiger partial charge in [0.1, 0.15) is 0 Å². The van der Waals surface area contributed by atoms with E-state index in [0.29, 0.717) is 6.10 Å². The summed E-state index contributed by atoms with van der Waals surface area (Å²) in [6, 6.07) is 0. The van der Waals surface area contributed by atoms with Gasteiger partial charge in [0, 0.05) is 12.8 Å². The normalized spacial score (nSPS) is 31.9. The highest BCUT2D eigenvalue weighted by Crippen LogP contribution is 2.34. The molecule has 1 aliphatic heterocycles. The number of hydrogen-bond donors (Lipinski definition) is 0. The fraction of sp³-hybridized carbons (Fsp3) is 1.00. The van der Waals surface area contributed by atoms with Crippen molar-refractivity contribution in [1.29, 1.82) is 0 Å². The Hall–Kier alpha value is -0.0800. The van der Waals surface area contributed by atoms with E-state index in [2.05, 4.69) is 6.92 Å². The standard InChI is InChI=1S/C15H28O2/c1-14-13-16-15(17-14)11-9-7-5-3-2-4-6-8-10-12-15/h14H,2-13H2,1H3. The molecule has 2 rings (SSSR count). The van der Waals surface area contributed by atoms with E-state index in [1.807, 2.05) is 0 Å². The van der Waals surface area contributed by atoms with Gasteiger partial charge in [-0.25, -0.2) is 0 Å². The number of ether oxygens (including phenoxy) is 2. The van der Waals surface area contributed by atoms with Crippen molar-refractivity contribution in [1.82, 2.24) is 0 Å². The van der Waals surface area contributed by atoms with Crippen LogP contribution >= 0.6 is 0 Å². The van der Waals surface area contributed by atoms with Crippen LogP contribution in [0.5, 0.6) is 0 Å². The van der Waals surface area contributed by atoms with Gasteiger partial charge in [-0.1, -0.05) is 44.9 Å². The quantitative estimate of drug-likeness (QED) is 0.624. The van der Waals surface area contributed by atoms with E-state index in [4.69, 9.17) is 9.47 Å². The van der Waals surface area contributed by atoms with Crippen LogP contribution in [0.2, 0.25) is 0 Å². The molecule has 17 heavy (non-hydrogen) atoms. The molecule has 1 saturated carbocycles. The van der Waals surface area contributed by atoms with Crippen LogP contribution in [0.25, 0.3) is 0 Å². The molecule has 0 bridgehead atoms. The highest BCUT2D eigenvalue weighted by molar-refractivity contribution is 4.78. The van der Waals surface area contributed by atoms with Gasteiger partial charge in [-0.05, 0) is 19.8 Å². The lowest BCUT2D eigenvalue weighted by molar-refractivity contribution is -0.177. The Morgan fingerprint density at radius 3 is 1.65 bits per heavy atom. The average molecular weight is 240 g/mol. The second kappa shape index (κ2) is 6.75. The summed E-state index contributed by atoms with van der Waals surface area (Å²) < 4.78 is 12.0. The molecule has 1 unspecified atom stereocenters. The third-order valence-corrected chi connectivity index (χ3v) is 4.11. The first kappa shape index (κ1) is 13.4. The summed E-state index contributed by atoms with van der Waals surface area (Å²) in [7, 11) is 0. The maximum Gasteiger partial charge on any atom is 0.168 e. The molecule has 1 saturated heterocycles. The first-order valence-corrected chi connectivity index (χ1v) is 7.63. The van der Waals surface area contributed by atoms with Gasteiger partial charge in [0.25, 0.3) is 0 Å². The Bertz CT molecular complexity index is 203. The second-order valence-corrected chi connectivity index (χ2v) is 5.83. The average Bonchev–Trinajstić information content (AvgIpc) is 2.66. The monoisotopic (exact) mass is 240 g/mol. The van der Waals surface area contributed by atoms with Crippen LogP contribution in [0.3, 0.4) is 0 Å². The van der Waals surface area contributed by atoms with Gasteiger partial charge in [0.2, 0.25) is 0 Å². The first-order chi connectivity index (χ1) is 8.31. The zero-order valence-electron chi connectivity index (χ0n) is 11.4. The van der Waals surface area contributed by atoms with Gasteiger partial charge >= 0.3 is 0 Å². The lowest BCUT2D eigenvalue weighted by atomic mass is 9.97. The Labute approximate surface area is 106 Å². The lowest BCUT2D eigenvalue weighted by Crippen LogP contribution is -2.30. The molecule has 1 spiro atoms. The van der Waals surface area contributed by atoms with Crippen molar-refractivity contribution in [3.63, 3.8) is 0 Å². The molecule has 2 fully saturated rings. The summed E-state index contributed by atoms with van der Waals surface area (Å²) in [5.74, 6) is -0.210. The molecule has 2 nitrogen and oxygen atoms in total. The van der Waals surface area contributed by atoms with E-state index >= 15 is 0 Å². The topological polar surface area (TPSA) is 18.5 Å². The summed E-state index contributed by atoms with van der Waals surface area (Å²) in [5.41, 5.74) is 0. The molecule has 0 aromatic heterocycles. The molecular formula is C15H28O2. The van der Waals surface area contributed by atoms with Crippen molar-refractivity contribution in [3.8, 4) is 0 Å². The van der Waals surface area contributed by atoms with Crippen LogP contribution in [0, 0.1) is 0 Å². The van der Waals surface area contributed by atoms with E-state index in [1.165, 1.54) is 57.8 Å². The zero-order valence-corrected chi connectivity index (χ0v) is 11.4. The molecule has 0 aromatic rings. The van der Waals surface area contributed by atoms with Gasteiger partial charge in [-0.3, -0.25) is 0 Å². The molecule has 0 radical (unpaired) electrons. The molecule has 0 aromatic carbocycles. The predicted molar refractivity (Wildman–Crippen MR) is 70.0 cm³/mol. The molecule has 1 aliphatic carbocycles. The molecule has 2 aliphatic rings. The second-order valence-electron chi connectivity index (χ2n) is 5.83. The van der Waals surface area contributed by atoms with Crippen molar-refractivity contribution < 1.29 is 9.47 Å². The van der Waals surface area contributed by atoms with Gasteiger partial charge in [-0.2, -0.15) is 0 Å². The summed E-state index contributed by atoms with van der Waals surface area (Å²) >= 11 is 0. The fourth-order valence-electron chi connectivity index (χ4n) is 3.12. The van der Waals surface area contributed by atoms with Crippen molar-refractivity contribution in [2.75, 3.05) is 6.61 Å². The van der Waals surface area contributed by atoms with Crippen LogP contribution in [-0.2, 0) is 9.47 Å². The van der Waals surface area contributed by atoms with Gasteiger partial charge in [0.15, 0.2) is 5.79 Å². The predicted octanol–water partition coefficient (Wildman–Crippen LogP) is 4.42. The zero-order chi connectivity index (χ0) is 12.0. The SMILES string of the molecule is CC1COC2(CCCCCCCCCCC2)O1. The Morgan fingerprint density at radius 1 is 0.765 bits per heavy atom. The highest BCUT2D eigenvalue weighted by atomic mass is 16.7. The molecule has 0 N–H and O–H groups in total. The maximum atomic E-state index is 6.07. The van der Waals surface area contributed by atoms with Crippen LogP contribution in [0.15, 0.2) is 0 Å². The van der Waals surface area contributed by atoms with Crippen LogP contribution in [0.1, 0.15) is 77.6 Å². The molecule has 1 atom stereocenters. The molecule has 0 amide bonds. The Balaban J connectivity index is 1.84. The van der Waals surface area contributed by atoms with Crippen molar-refractivity contribution in [2.45, 2.75) is 89.4 Å². The van der Waals surface area contributed by atoms with E-state index in [-0.39, 0.29) is 5.79 Å². The minimum Gasteiger partial charge on any atom is -0.347 e. The maximum absolute atomic E-state index is 6.07. The largest absolute Gasteiger partial charge is 0.347 e. The van der Waals surface area contributed by atoms with Crippen molar-refractivity contribution in [2.24, 2.45) is 0 Å². The molecule has 1 heterocycles. The number of hydrogen-bond acceptors (Lipinski definition) is 2. The minimum absolute atomic E-state index is 0.210. The van der Waals surface area contributed by atoms with Crippen molar-refractivity contribution >= 4 is 0 Å². The summed E-state index contributed by atoms with van der Waals surface area (Å²) in [4.78, 5) is 0. The van der Waals surface area contributed by atoms with E-state index < -0.39 is 0 Å². The minimum atomic E-state index is -0.210. The smallest absolute Gasteiger partial charge is 0.168 e. The Morgan fingerprint density at radius 2 is 1.24 bits per heavy atom. The van der Waals surface area contributed by atoms with E-state index in [9.17, 15) is 0 Å². The van der Waals surface area contributed by atoms with Crippen molar-refractivity contribution in [3.05, 3.63) is 0 Å². The van der Waals surface area contributed by atoms with Gasteiger partial charge in [0.05, 0.1) is 12.7 Å². The third-order valence-electron chi connectivity index (χ3n) is 4.11. The Kier molecular flexibility index (Phi) is 5.30.